The summed E-state index contributed by atoms with van der Waals surface area (Å²) in [5.41, 5.74) is -2.36. The SMILES string of the molecule is CC=C(C)C(=O)O[C@H]1C(C)=CC23C(=O)[C@@H](C=C(CO)[C@@H](O)[C@]12O)[C@H]1C(C[C@H]3C)C1(C)C. The van der Waals surface area contributed by atoms with Gasteiger partial charge in [-0.15, -0.1) is 0 Å². The summed E-state index contributed by atoms with van der Waals surface area (Å²) in [6.07, 6.45) is 3.04. The molecule has 0 aromatic rings. The molecule has 2 saturated carbocycles. The molecule has 2 bridgehead atoms. The largest absolute Gasteiger partial charge is 0.451 e. The molecule has 4 aliphatic rings. The van der Waals surface area contributed by atoms with Gasteiger partial charge in [-0.3, -0.25) is 4.79 Å². The number of allylic oxidation sites excluding steroid dienone is 2. The third kappa shape index (κ3) is 2.61. The molecular formula is C25H34O6. The number of ketones is 1. The molecule has 8 atom stereocenters. The Balaban J connectivity index is 1.91. The van der Waals surface area contributed by atoms with Crippen LogP contribution in [0.25, 0.3) is 0 Å². The van der Waals surface area contributed by atoms with Crippen molar-refractivity contribution in [3.63, 3.8) is 0 Å². The summed E-state index contributed by atoms with van der Waals surface area (Å²) in [5, 5.41) is 33.7. The molecule has 0 aromatic heterocycles. The maximum Gasteiger partial charge on any atom is 0.334 e. The molecule has 170 valence electrons. The van der Waals surface area contributed by atoms with Crippen LogP contribution in [0.4, 0.5) is 0 Å². The maximum absolute atomic E-state index is 14.2. The van der Waals surface area contributed by atoms with Gasteiger partial charge < -0.3 is 20.1 Å². The van der Waals surface area contributed by atoms with Gasteiger partial charge in [0.1, 0.15) is 6.10 Å². The molecular weight excluding hydrogens is 396 g/mol. The zero-order valence-electron chi connectivity index (χ0n) is 19.2. The van der Waals surface area contributed by atoms with Crippen LogP contribution in [0.2, 0.25) is 0 Å². The van der Waals surface area contributed by atoms with E-state index in [4.69, 9.17) is 4.74 Å². The molecule has 31 heavy (non-hydrogen) atoms. The van der Waals surface area contributed by atoms with Gasteiger partial charge in [0.05, 0.1) is 12.0 Å². The zero-order chi connectivity index (χ0) is 23.1. The van der Waals surface area contributed by atoms with Gasteiger partial charge in [0.2, 0.25) is 0 Å². The summed E-state index contributed by atoms with van der Waals surface area (Å²) in [5.74, 6) is -1.13. The lowest BCUT2D eigenvalue weighted by molar-refractivity contribution is -0.201. The second-order valence-corrected chi connectivity index (χ2v) is 10.6. The van der Waals surface area contributed by atoms with E-state index in [0.29, 0.717) is 17.1 Å². The zero-order valence-corrected chi connectivity index (χ0v) is 19.2. The Labute approximate surface area is 183 Å². The molecule has 4 rings (SSSR count). The van der Waals surface area contributed by atoms with Crippen molar-refractivity contribution in [3.05, 3.63) is 34.9 Å². The average molecular weight is 431 g/mol. The predicted molar refractivity (Wildman–Crippen MR) is 115 cm³/mol. The van der Waals surface area contributed by atoms with E-state index in [0.717, 1.165) is 6.42 Å². The molecule has 2 fully saturated rings. The Morgan fingerprint density at radius 1 is 1.35 bits per heavy atom. The third-order valence-corrected chi connectivity index (χ3v) is 8.88. The van der Waals surface area contributed by atoms with E-state index in [-0.39, 0.29) is 28.6 Å². The summed E-state index contributed by atoms with van der Waals surface area (Å²) in [6, 6.07) is 0. The number of rotatable bonds is 3. The van der Waals surface area contributed by atoms with Crippen LogP contribution in [0.1, 0.15) is 48.0 Å². The number of fused-ring (bicyclic) bond motifs is 3. The van der Waals surface area contributed by atoms with E-state index < -0.39 is 41.7 Å². The number of hydrogen-bond donors (Lipinski definition) is 3. The highest BCUT2D eigenvalue weighted by Crippen LogP contribution is 2.71. The van der Waals surface area contributed by atoms with E-state index in [9.17, 15) is 24.9 Å². The minimum Gasteiger partial charge on any atom is -0.451 e. The van der Waals surface area contributed by atoms with Crippen LogP contribution in [-0.2, 0) is 14.3 Å². The molecule has 6 nitrogen and oxygen atoms in total. The predicted octanol–water partition coefficient (Wildman–Crippen LogP) is 2.33. The van der Waals surface area contributed by atoms with Crippen molar-refractivity contribution in [1.82, 2.24) is 0 Å². The lowest BCUT2D eigenvalue weighted by Crippen LogP contribution is -2.65. The van der Waals surface area contributed by atoms with Crippen LogP contribution in [-0.4, -0.2) is 51.5 Å². The molecule has 0 radical (unpaired) electrons. The lowest BCUT2D eigenvalue weighted by atomic mass is 9.59. The minimum atomic E-state index is -2.08. The normalized spacial score (nSPS) is 45.6. The van der Waals surface area contributed by atoms with E-state index in [2.05, 4.69) is 13.8 Å². The average Bonchev–Trinajstić information content (AvgIpc) is 3.21. The van der Waals surface area contributed by atoms with Gasteiger partial charge in [0.25, 0.3) is 0 Å². The fourth-order valence-electron chi connectivity index (χ4n) is 6.91. The van der Waals surface area contributed by atoms with Gasteiger partial charge >= 0.3 is 5.97 Å². The van der Waals surface area contributed by atoms with E-state index in [1.54, 1.807) is 39.0 Å². The van der Waals surface area contributed by atoms with Crippen molar-refractivity contribution >= 4 is 11.8 Å². The molecule has 3 N–H and O–H groups in total. The van der Waals surface area contributed by atoms with Crippen molar-refractivity contribution in [2.75, 3.05) is 6.61 Å². The fourth-order valence-corrected chi connectivity index (χ4v) is 6.91. The topological polar surface area (TPSA) is 104 Å². The highest BCUT2D eigenvalue weighted by Gasteiger charge is 2.76. The molecule has 6 heteroatoms. The van der Waals surface area contributed by atoms with Crippen LogP contribution >= 0.6 is 0 Å². The number of esters is 1. The van der Waals surface area contributed by atoms with Gasteiger partial charge in [0.15, 0.2) is 17.5 Å². The smallest absolute Gasteiger partial charge is 0.334 e. The van der Waals surface area contributed by atoms with Crippen LogP contribution in [0.15, 0.2) is 34.9 Å². The summed E-state index contributed by atoms with van der Waals surface area (Å²) < 4.78 is 5.72. The number of carbonyl (C=O) groups excluding carboxylic acids is 2. The molecule has 4 aliphatic carbocycles. The molecule has 1 spiro atoms. The van der Waals surface area contributed by atoms with Crippen molar-refractivity contribution in [3.8, 4) is 0 Å². The van der Waals surface area contributed by atoms with E-state index >= 15 is 0 Å². The lowest BCUT2D eigenvalue weighted by Gasteiger charge is -2.48. The van der Waals surface area contributed by atoms with Crippen molar-refractivity contribution < 1.29 is 29.6 Å². The number of aliphatic hydroxyl groups excluding tert-OH is 2. The molecule has 0 amide bonds. The summed E-state index contributed by atoms with van der Waals surface area (Å²) >= 11 is 0. The Kier molecular flexibility index (Phi) is 4.97. The Hall–Kier alpha value is -1.76. The van der Waals surface area contributed by atoms with Gasteiger partial charge in [-0.05, 0) is 61.5 Å². The third-order valence-electron chi connectivity index (χ3n) is 8.88. The van der Waals surface area contributed by atoms with Crippen molar-refractivity contribution in [2.24, 2.45) is 34.5 Å². The first-order valence-corrected chi connectivity index (χ1v) is 11.2. The van der Waals surface area contributed by atoms with Crippen LogP contribution in [0, 0.1) is 34.5 Å². The Morgan fingerprint density at radius 3 is 2.58 bits per heavy atom. The number of ether oxygens (including phenoxy) is 1. The monoisotopic (exact) mass is 430 g/mol. The molecule has 0 aliphatic heterocycles. The number of carbonyl (C=O) groups is 2. The molecule has 0 heterocycles. The first-order chi connectivity index (χ1) is 14.4. The van der Waals surface area contributed by atoms with Gasteiger partial charge in [-0.2, -0.15) is 0 Å². The number of aliphatic hydroxyl groups is 3. The van der Waals surface area contributed by atoms with Crippen LogP contribution in [0.3, 0.4) is 0 Å². The first kappa shape index (κ1) is 22.4. The van der Waals surface area contributed by atoms with Crippen molar-refractivity contribution in [2.45, 2.75) is 65.8 Å². The Bertz CT molecular complexity index is 926. The molecule has 0 saturated heterocycles. The summed E-state index contributed by atoms with van der Waals surface area (Å²) in [6.45, 7) is 10.8. The highest BCUT2D eigenvalue weighted by atomic mass is 16.6. The number of Topliss-reactive ketones (excluding diaryl/α,β-unsaturated/α-hetero) is 1. The maximum atomic E-state index is 14.2. The summed E-state index contributed by atoms with van der Waals surface area (Å²) in [4.78, 5) is 26.8. The van der Waals surface area contributed by atoms with Crippen LogP contribution < -0.4 is 0 Å². The highest BCUT2D eigenvalue weighted by molar-refractivity contribution is 5.96. The fraction of sp³-hybridized carbons (Fsp3) is 0.680. The van der Waals surface area contributed by atoms with Crippen molar-refractivity contribution in [1.29, 1.82) is 0 Å². The van der Waals surface area contributed by atoms with Gasteiger partial charge in [-0.1, -0.05) is 39.0 Å². The molecule has 0 aromatic carbocycles. The minimum absolute atomic E-state index is 0.0209. The van der Waals surface area contributed by atoms with Gasteiger partial charge in [0, 0.05) is 11.5 Å². The quantitative estimate of drug-likeness (QED) is 0.361. The second kappa shape index (κ2) is 6.87. The second-order valence-electron chi connectivity index (χ2n) is 10.6. The number of hydrogen-bond acceptors (Lipinski definition) is 6. The van der Waals surface area contributed by atoms with Gasteiger partial charge in [-0.25, -0.2) is 4.79 Å². The van der Waals surface area contributed by atoms with E-state index in [1.807, 2.05) is 6.92 Å². The Morgan fingerprint density at radius 2 is 2.00 bits per heavy atom. The van der Waals surface area contributed by atoms with Crippen LogP contribution in [0.5, 0.6) is 0 Å². The van der Waals surface area contributed by atoms with E-state index in [1.165, 1.54) is 0 Å². The molecule has 2 unspecified atom stereocenters. The summed E-state index contributed by atoms with van der Waals surface area (Å²) in [7, 11) is 0. The standard InChI is InChI=1S/C25H34O6/c1-7-12(2)22(29)31-21-13(3)10-24-14(4)8-17-18(23(17,5)6)16(20(24)28)9-15(11-26)19(27)25(21,24)30/h7,9-10,14,16-19,21,26-27,30H,8,11H2,1-6H3/t14-,16+,17?,18+,19-,21+,24?,25+/m1/s1. The first-order valence-electron chi connectivity index (χ1n) is 11.2.